The van der Waals surface area contributed by atoms with Crippen molar-refractivity contribution in [2.24, 2.45) is 5.92 Å². The van der Waals surface area contributed by atoms with Crippen LogP contribution in [-0.2, 0) is 0 Å². The molecule has 1 fully saturated rings. The molecule has 0 amide bonds. The summed E-state index contributed by atoms with van der Waals surface area (Å²) in [6, 6.07) is 8.83. The van der Waals surface area contributed by atoms with Crippen molar-refractivity contribution in [3.63, 3.8) is 0 Å². The molecule has 1 N–H and O–H groups in total. The van der Waals surface area contributed by atoms with Crippen LogP contribution in [0.25, 0.3) is 0 Å². The molecule has 0 aliphatic carbocycles. The molecule has 1 aromatic carbocycles. The Balaban J connectivity index is 1.84. The lowest BCUT2D eigenvalue weighted by Crippen LogP contribution is -2.42. The van der Waals surface area contributed by atoms with Crippen LogP contribution in [0.2, 0.25) is 0 Å². The molecule has 20 heavy (non-hydrogen) atoms. The summed E-state index contributed by atoms with van der Waals surface area (Å²) < 4.78 is 5.72. The standard InChI is InChI=1S/C17H28N2O/c1-14(2)13-20-17-9-7-16(8-10-17)15(3)18-19-11-5-4-6-12-19/h7-10,14-15,18H,4-6,11-13H2,1-3H3. The van der Waals surface area contributed by atoms with Gasteiger partial charge < -0.3 is 4.74 Å². The average Bonchev–Trinajstić information content (AvgIpc) is 2.46. The van der Waals surface area contributed by atoms with Crippen molar-refractivity contribution >= 4 is 0 Å². The molecule has 3 heteroatoms. The fraction of sp³-hybridized carbons (Fsp3) is 0.647. The third kappa shape index (κ3) is 4.80. The third-order valence-electron chi connectivity index (χ3n) is 3.70. The van der Waals surface area contributed by atoms with Crippen LogP contribution in [0.1, 0.15) is 51.6 Å². The van der Waals surface area contributed by atoms with Gasteiger partial charge in [-0.2, -0.15) is 0 Å². The largest absolute Gasteiger partial charge is 0.493 e. The van der Waals surface area contributed by atoms with E-state index in [1.54, 1.807) is 0 Å². The molecule has 0 bridgehead atoms. The zero-order valence-electron chi connectivity index (χ0n) is 13.1. The molecule has 1 aliphatic heterocycles. The van der Waals surface area contributed by atoms with Crippen molar-refractivity contribution in [3.05, 3.63) is 29.8 Å². The van der Waals surface area contributed by atoms with Crippen LogP contribution in [-0.4, -0.2) is 24.7 Å². The zero-order valence-corrected chi connectivity index (χ0v) is 13.1. The second-order valence-corrected chi connectivity index (χ2v) is 6.17. The summed E-state index contributed by atoms with van der Waals surface area (Å²) in [6.07, 6.45) is 3.98. The molecule has 3 nitrogen and oxygen atoms in total. The molecule has 1 aliphatic rings. The van der Waals surface area contributed by atoms with Gasteiger partial charge in [0.25, 0.3) is 0 Å². The number of hydrogen-bond acceptors (Lipinski definition) is 3. The highest BCUT2D eigenvalue weighted by atomic mass is 16.5. The normalized spacial score (nSPS) is 18.2. The number of hydrazine groups is 1. The lowest BCUT2D eigenvalue weighted by Gasteiger charge is -2.30. The summed E-state index contributed by atoms with van der Waals surface area (Å²) in [5.74, 6) is 1.53. The number of rotatable bonds is 6. The minimum absolute atomic E-state index is 0.354. The van der Waals surface area contributed by atoms with Crippen molar-refractivity contribution in [3.8, 4) is 5.75 Å². The van der Waals surface area contributed by atoms with Crippen LogP contribution in [0, 0.1) is 5.92 Å². The van der Waals surface area contributed by atoms with Crippen LogP contribution >= 0.6 is 0 Å². The van der Waals surface area contributed by atoms with Gasteiger partial charge in [-0.05, 0) is 43.4 Å². The predicted molar refractivity (Wildman–Crippen MR) is 83.7 cm³/mol. The Morgan fingerprint density at radius 2 is 1.70 bits per heavy atom. The summed E-state index contributed by atoms with van der Waals surface area (Å²) in [6.45, 7) is 9.66. The molecule has 0 radical (unpaired) electrons. The molecule has 1 unspecified atom stereocenters. The SMILES string of the molecule is CC(C)COc1ccc(C(C)NN2CCCCC2)cc1. The van der Waals surface area contributed by atoms with E-state index in [-0.39, 0.29) is 0 Å². The highest BCUT2D eigenvalue weighted by molar-refractivity contribution is 5.28. The second kappa shape index (κ2) is 7.65. The van der Waals surface area contributed by atoms with Gasteiger partial charge in [0.2, 0.25) is 0 Å². The first kappa shape index (κ1) is 15.3. The number of hydrogen-bond donors (Lipinski definition) is 1. The van der Waals surface area contributed by atoms with E-state index < -0.39 is 0 Å². The van der Waals surface area contributed by atoms with E-state index in [1.807, 2.05) is 0 Å². The molecule has 0 spiro atoms. The van der Waals surface area contributed by atoms with Gasteiger partial charge in [-0.25, -0.2) is 10.4 Å². The van der Waals surface area contributed by atoms with E-state index in [9.17, 15) is 0 Å². The Labute approximate surface area is 123 Å². The first-order valence-electron chi connectivity index (χ1n) is 7.89. The van der Waals surface area contributed by atoms with Gasteiger partial charge in [0.15, 0.2) is 0 Å². The first-order chi connectivity index (χ1) is 9.65. The number of piperidine rings is 1. The summed E-state index contributed by atoms with van der Waals surface area (Å²) in [7, 11) is 0. The highest BCUT2D eigenvalue weighted by Gasteiger charge is 2.13. The average molecular weight is 276 g/mol. The Morgan fingerprint density at radius 1 is 1.05 bits per heavy atom. The summed E-state index contributed by atoms with van der Waals surface area (Å²) >= 11 is 0. The lowest BCUT2D eigenvalue weighted by molar-refractivity contribution is 0.133. The molecular formula is C17H28N2O. The summed E-state index contributed by atoms with van der Waals surface area (Å²) in [4.78, 5) is 0. The second-order valence-electron chi connectivity index (χ2n) is 6.17. The van der Waals surface area contributed by atoms with Gasteiger partial charge in [0, 0.05) is 19.1 Å². The first-order valence-corrected chi connectivity index (χ1v) is 7.89. The number of benzene rings is 1. The summed E-state index contributed by atoms with van der Waals surface area (Å²) in [5.41, 5.74) is 4.91. The molecule has 0 aromatic heterocycles. The molecule has 1 heterocycles. The van der Waals surface area contributed by atoms with E-state index in [1.165, 1.54) is 37.9 Å². The predicted octanol–water partition coefficient (Wildman–Crippen LogP) is 3.77. The van der Waals surface area contributed by atoms with Crippen molar-refractivity contribution in [2.75, 3.05) is 19.7 Å². The minimum atomic E-state index is 0.354. The van der Waals surface area contributed by atoms with Gasteiger partial charge in [-0.1, -0.05) is 32.4 Å². The quantitative estimate of drug-likeness (QED) is 0.856. The van der Waals surface area contributed by atoms with Crippen LogP contribution in [0.3, 0.4) is 0 Å². The topological polar surface area (TPSA) is 24.5 Å². The van der Waals surface area contributed by atoms with Gasteiger partial charge in [0.1, 0.15) is 5.75 Å². The van der Waals surface area contributed by atoms with Crippen LogP contribution < -0.4 is 10.2 Å². The van der Waals surface area contributed by atoms with Crippen LogP contribution in [0.5, 0.6) is 5.75 Å². The van der Waals surface area contributed by atoms with Gasteiger partial charge in [-0.15, -0.1) is 0 Å². The van der Waals surface area contributed by atoms with Crippen molar-refractivity contribution in [1.29, 1.82) is 0 Å². The highest BCUT2D eigenvalue weighted by Crippen LogP contribution is 2.19. The Morgan fingerprint density at radius 3 is 2.30 bits per heavy atom. The van der Waals surface area contributed by atoms with Gasteiger partial charge >= 0.3 is 0 Å². The summed E-state index contributed by atoms with van der Waals surface area (Å²) in [5, 5.41) is 2.36. The maximum atomic E-state index is 5.72. The maximum absolute atomic E-state index is 5.72. The van der Waals surface area contributed by atoms with E-state index in [0.717, 1.165) is 12.4 Å². The molecule has 1 aromatic rings. The molecule has 0 saturated carbocycles. The fourth-order valence-electron chi connectivity index (χ4n) is 2.49. The molecule has 1 saturated heterocycles. The Bertz CT molecular complexity index is 382. The zero-order chi connectivity index (χ0) is 14.4. The van der Waals surface area contributed by atoms with Crippen LogP contribution in [0.15, 0.2) is 24.3 Å². The monoisotopic (exact) mass is 276 g/mol. The number of nitrogens with zero attached hydrogens (tertiary/aromatic N) is 1. The molecule has 2 rings (SSSR count). The van der Waals surface area contributed by atoms with Gasteiger partial charge in [0.05, 0.1) is 6.61 Å². The molecular weight excluding hydrogens is 248 g/mol. The molecule has 112 valence electrons. The third-order valence-corrected chi connectivity index (χ3v) is 3.70. The van der Waals surface area contributed by atoms with E-state index in [4.69, 9.17) is 4.74 Å². The van der Waals surface area contributed by atoms with Crippen molar-refractivity contribution in [2.45, 2.75) is 46.1 Å². The van der Waals surface area contributed by atoms with Crippen LogP contribution in [0.4, 0.5) is 0 Å². The number of nitrogens with one attached hydrogen (secondary N) is 1. The van der Waals surface area contributed by atoms with Gasteiger partial charge in [-0.3, -0.25) is 0 Å². The smallest absolute Gasteiger partial charge is 0.119 e. The Hall–Kier alpha value is -1.06. The maximum Gasteiger partial charge on any atom is 0.119 e. The fourth-order valence-corrected chi connectivity index (χ4v) is 2.49. The van der Waals surface area contributed by atoms with Crippen molar-refractivity contribution in [1.82, 2.24) is 10.4 Å². The van der Waals surface area contributed by atoms with Crippen molar-refractivity contribution < 1.29 is 4.74 Å². The molecule has 1 atom stereocenters. The van der Waals surface area contributed by atoms with E-state index in [0.29, 0.717) is 12.0 Å². The lowest BCUT2D eigenvalue weighted by atomic mass is 10.1. The Kier molecular flexibility index (Phi) is 5.86. The number of ether oxygens (including phenoxy) is 1. The van der Waals surface area contributed by atoms with E-state index in [2.05, 4.69) is 55.5 Å². The minimum Gasteiger partial charge on any atom is -0.493 e. The van der Waals surface area contributed by atoms with E-state index >= 15 is 0 Å².